The summed E-state index contributed by atoms with van der Waals surface area (Å²) in [5.74, 6) is 1.17. The van der Waals surface area contributed by atoms with E-state index in [-0.39, 0.29) is 5.91 Å². The Balaban J connectivity index is 1.64. The second kappa shape index (κ2) is 7.20. The maximum atomic E-state index is 12.6. The summed E-state index contributed by atoms with van der Waals surface area (Å²) < 4.78 is 5.41. The number of carbonyl (C=O) groups excluding carboxylic acids is 1. The van der Waals surface area contributed by atoms with Gasteiger partial charge in [0.1, 0.15) is 6.33 Å². The van der Waals surface area contributed by atoms with Crippen molar-refractivity contribution >= 4 is 11.9 Å². The molecule has 1 aliphatic heterocycles. The summed E-state index contributed by atoms with van der Waals surface area (Å²) in [6, 6.07) is 1.74. The van der Waals surface area contributed by atoms with Crippen LogP contribution in [0.2, 0.25) is 0 Å². The SMILES string of the molecule is CCOc1ccnc(N2CCN(C(=O)c3cncnc3C)CC2)n1. The highest BCUT2D eigenvalue weighted by atomic mass is 16.5. The van der Waals surface area contributed by atoms with Gasteiger partial charge in [-0.3, -0.25) is 4.79 Å². The molecule has 0 atom stereocenters. The Labute approximate surface area is 140 Å². The first-order valence-corrected chi connectivity index (χ1v) is 7.95. The number of piperazine rings is 1. The van der Waals surface area contributed by atoms with E-state index in [4.69, 9.17) is 4.74 Å². The van der Waals surface area contributed by atoms with Gasteiger partial charge in [0.15, 0.2) is 0 Å². The Morgan fingerprint density at radius 1 is 1.25 bits per heavy atom. The lowest BCUT2D eigenvalue weighted by Crippen LogP contribution is -2.49. The van der Waals surface area contributed by atoms with Crippen molar-refractivity contribution in [1.82, 2.24) is 24.8 Å². The zero-order valence-corrected chi connectivity index (χ0v) is 13.8. The van der Waals surface area contributed by atoms with Crippen LogP contribution in [0.25, 0.3) is 0 Å². The molecule has 0 unspecified atom stereocenters. The molecule has 126 valence electrons. The van der Waals surface area contributed by atoms with Gasteiger partial charge in [-0.05, 0) is 13.8 Å². The quantitative estimate of drug-likeness (QED) is 0.825. The molecule has 8 nitrogen and oxygen atoms in total. The Kier molecular flexibility index (Phi) is 4.83. The molecule has 0 N–H and O–H groups in total. The van der Waals surface area contributed by atoms with Crippen LogP contribution in [-0.2, 0) is 0 Å². The number of aryl methyl sites for hydroxylation is 1. The van der Waals surface area contributed by atoms with Crippen molar-refractivity contribution in [2.45, 2.75) is 13.8 Å². The zero-order chi connectivity index (χ0) is 16.9. The minimum atomic E-state index is -0.0308. The molecule has 3 heterocycles. The van der Waals surface area contributed by atoms with Gasteiger partial charge in [-0.25, -0.2) is 15.0 Å². The molecular formula is C16H20N6O2. The van der Waals surface area contributed by atoms with Crippen LogP contribution in [0.15, 0.2) is 24.8 Å². The molecule has 0 spiro atoms. The fraction of sp³-hybridized carbons (Fsp3) is 0.438. The van der Waals surface area contributed by atoms with Crippen molar-refractivity contribution < 1.29 is 9.53 Å². The number of nitrogens with zero attached hydrogens (tertiary/aromatic N) is 6. The first-order valence-electron chi connectivity index (χ1n) is 7.95. The zero-order valence-electron chi connectivity index (χ0n) is 13.8. The average molecular weight is 328 g/mol. The Bertz CT molecular complexity index is 715. The summed E-state index contributed by atoms with van der Waals surface area (Å²) in [6.45, 7) is 6.86. The number of ether oxygens (including phenoxy) is 1. The molecule has 24 heavy (non-hydrogen) atoms. The highest BCUT2D eigenvalue weighted by Crippen LogP contribution is 2.16. The average Bonchev–Trinajstić information content (AvgIpc) is 2.62. The lowest BCUT2D eigenvalue weighted by atomic mass is 10.2. The van der Waals surface area contributed by atoms with Gasteiger partial charge in [0.25, 0.3) is 5.91 Å². The number of hydrogen-bond acceptors (Lipinski definition) is 7. The van der Waals surface area contributed by atoms with Gasteiger partial charge in [-0.15, -0.1) is 0 Å². The van der Waals surface area contributed by atoms with E-state index in [0.29, 0.717) is 55.9 Å². The smallest absolute Gasteiger partial charge is 0.257 e. The van der Waals surface area contributed by atoms with E-state index in [1.54, 1.807) is 18.5 Å². The first kappa shape index (κ1) is 16.1. The molecule has 1 amide bonds. The number of anilines is 1. The highest BCUT2D eigenvalue weighted by molar-refractivity contribution is 5.95. The maximum Gasteiger partial charge on any atom is 0.257 e. The molecule has 3 rings (SSSR count). The van der Waals surface area contributed by atoms with Crippen molar-refractivity contribution in [3.8, 4) is 5.88 Å². The molecule has 2 aromatic heterocycles. The van der Waals surface area contributed by atoms with Crippen LogP contribution in [0.4, 0.5) is 5.95 Å². The highest BCUT2D eigenvalue weighted by Gasteiger charge is 2.25. The minimum absolute atomic E-state index is 0.0308. The third kappa shape index (κ3) is 3.42. The predicted molar refractivity (Wildman–Crippen MR) is 88.1 cm³/mol. The van der Waals surface area contributed by atoms with Crippen molar-refractivity contribution in [3.63, 3.8) is 0 Å². The molecule has 8 heteroatoms. The lowest BCUT2D eigenvalue weighted by molar-refractivity contribution is 0.0744. The standard InChI is InChI=1S/C16H20N6O2/c1-3-24-14-4-5-18-16(20-14)22-8-6-21(7-9-22)15(23)13-10-17-11-19-12(13)2/h4-5,10-11H,3,6-9H2,1-2H3. The first-order chi connectivity index (χ1) is 11.7. The largest absolute Gasteiger partial charge is 0.478 e. The van der Waals surface area contributed by atoms with Crippen LogP contribution in [0, 0.1) is 6.92 Å². The van der Waals surface area contributed by atoms with E-state index in [0.717, 1.165) is 0 Å². The number of carbonyl (C=O) groups is 1. The van der Waals surface area contributed by atoms with E-state index in [2.05, 4.69) is 24.8 Å². The molecule has 1 aliphatic rings. The number of aromatic nitrogens is 4. The van der Waals surface area contributed by atoms with Crippen LogP contribution in [0.5, 0.6) is 5.88 Å². The van der Waals surface area contributed by atoms with Crippen LogP contribution in [0.1, 0.15) is 23.0 Å². The summed E-state index contributed by atoms with van der Waals surface area (Å²) in [4.78, 5) is 33.2. The van der Waals surface area contributed by atoms with E-state index >= 15 is 0 Å². The Morgan fingerprint density at radius 2 is 2.04 bits per heavy atom. The van der Waals surface area contributed by atoms with Gasteiger partial charge in [0, 0.05) is 44.6 Å². The monoisotopic (exact) mass is 328 g/mol. The lowest BCUT2D eigenvalue weighted by Gasteiger charge is -2.34. The van der Waals surface area contributed by atoms with Crippen molar-refractivity contribution in [2.24, 2.45) is 0 Å². The summed E-state index contributed by atoms with van der Waals surface area (Å²) in [6.07, 6.45) is 4.72. The second-order valence-electron chi connectivity index (χ2n) is 5.43. The van der Waals surface area contributed by atoms with Crippen LogP contribution in [-0.4, -0.2) is 63.5 Å². The van der Waals surface area contributed by atoms with E-state index in [1.165, 1.54) is 6.33 Å². The van der Waals surface area contributed by atoms with Crippen molar-refractivity contribution in [1.29, 1.82) is 0 Å². The minimum Gasteiger partial charge on any atom is -0.478 e. The van der Waals surface area contributed by atoms with E-state index in [1.807, 2.05) is 18.7 Å². The summed E-state index contributed by atoms with van der Waals surface area (Å²) in [7, 11) is 0. The third-order valence-electron chi connectivity index (χ3n) is 3.90. The fourth-order valence-corrected chi connectivity index (χ4v) is 2.59. The third-order valence-corrected chi connectivity index (χ3v) is 3.90. The molecule has 0 radical (unpaired) electrons. The Morgan fingerprint density at radius 3 is 2.75 bits per heavy atom. The van der Waals surface area contributed by atoms with Crippen LogP contribution >= 0.6 is 0 Å². The molecule has 1 fully saturated rings. The van der Waals surface area contributed by atoms with E-state index in [9.17, 15) is 4.79 Å². The molecule has 0 bridgehead atoms. The van der Waals surface area contributed by atoms with Crippen LogP contribution < -0.4 is 9.64 Å². The van der Waals surface area contributed by atoms with Gasteiger partial charge in [-0.1, -0.05) is 0 Å². The van der Waals surface area contributed by atoms with Gasteiger partial charge in [0.05, 0.1) is 17.9 Å². The summed E-state index contributed by atoms with van der Waals surface area (Å²) in [5.41, 5.74) is 1.26. The van der Waals surface area contributed by atoms with Crippen molar-refractivity contribution in [2.75, 3.05) is 37.7 Å². The van der Waals surface area contributed by atoms with Gasteiger partial charge < -0.3 is 14.5 Å². The summed E-state index contributed by atoms with van der Waals surface area (Å²) in [5, 5.41) is 0. The fourth-order valence-electron chi connectivity index (χ4n) is 2.59. The Hall–Kier alpha value is -2.77. The van der Waals surface area contributed by atoms with Gasteiger partial charge in [-0.2, -0.15) is 4.98 Å². The number of amides is 1. The van der Waals surface area contributed by atoms with Gasteiger partial charge in [0.2, 0.25) is 11.8 Å². The van der Waals surface area contributed by atoms with E-state index < -0.39 is 0 Å². The topological polar surface area (TPSA) is 84.3 Å². The summed E-state index contributed by atoms with van der Waals surface area (Å²) >= 11 is 0. The van der Waals surface area contributed by atoms with Crippen LogP contribution in [0.3, 0.4) is 0 Å². The van der Waals surface area contributed by atoms with Gasteiger partial charge >= 0.3 is 0 Å². The molecule has 1 saturated heterocycles. The number of rotatable bonds is 4. The molecule has 0 aromatic carbocycles. The molecular weight excluding hydrogens is 308 g/mol. The molecule has 0 saturated carbocycles. The molecule has 0 aliphatic carbocycles. The second-order valence-corrected chi connectivity index (χ2v) is 5.43. The maximum absolute atomic E-state index is 12.6. The number of hydrogen-bond donors (Lipinski definition) is 0. The van der Waals surface area contributed by atoms with Crippen molar-refractivity contribution in [3.05, 3.63) is 36.0 Å². The molecule has 2 aromatic rings. The normalized spacial score (nSPS) is 14.6. The predicted octanol–water partition coefficient (Wildman–Crippen LogP) is 0.936.